The molecule has 1 heterocycles. The van der Waals surface area contributed by atoms with Gasteiger partial charge in [0.05, 0.1) is 11.1 Å². The summed E-state index contributed by atoms with van der Waals surface area (Å²) < 4.78 is 28.7. The summed E-state index contributed by atoms with van der Waals surface area (Å²) in [6, 6.07) is 0. The number of alkyl halides is 2. The second kappa shape index (κ2) is 3.26. The average Bonchev–Trinajstić information content (AvgIpc) is 2.64. The second-order valence-electron chi connectivity index (χ2n) is 4.53. The van der Waals surface area contributed by atoms with Crippen LogP contribution in [0.25, 0.3) is 0 Å². The summed E-state index contributed by atoms with van der Waals surface area (Å²) in [6.07, 6.45) is -0.145. The molecule has 0 bridgehead atoms. The van der Waals surface area contributed by atoms with Crippen LogP contribution in [0.1, 0.15) is 30.3 Å². The van der Waals surface area contributed by atoms with Gasteiger partial charge in [-0.25, -0.2) is 8.78 Å². The number of halogens is 2. The summed E-state index contributed by atoms with van der Waals surface area (Å²) in [5, 5.41) is 4.28. The summed E-state index contributed by atoms with van der Waals surface area (Å²) in [6.45, 7) is 6.24. The Morgan fingerprint density at radius 3 is 2.31 bits per heavy atom. The van der Waals surface area contributed by atoms with Gasteiger partial charge in [-0.15, -0.1) is 0 Å². The molecule has 5 heteroatoms. The predicted molar refractivity (Wildman–Crippen MR) is 57.7 cm³/mol. The van der Waals surface area contributed by atoms with Crippen LogP contribution in [0.4, 0.5) is 8.78 Å². The van der Waals surface area contributed by atoms with Gasteiger partial charge >= 0.3 is 0 Å². The molecule has 0 saturated heterocycles. The lowest BCUT2D eigenvalue weighted by atomic mass is 9.93. The van der Waals surface area contributed by atoms with Gasteiger partial charge in [-0.2, -0.15) is 5.10 Å². The molecular weight excluding hydrogens is 212 g/mol. The van der Waals surface area contributed by atoms with E-state index in [4.69, 9.17) is 5.73 Å². The van der Waals surface area contributed by atoms with Crippen molar-refractivity contribution in [3.8, 4) is 0 Å². The Bertz CT molecular complexity index is 425. The molecule has 90 valence electrons. The molecule has 1 atom stereocenters. The SMILES string of the molecule is CCn1nc(C)c(C2(CN)CC2(F)F)c1C. The topological polar surface area (TPSA) is 43.8 Å². The molecule has 1 aromatic rings. The maximum absolute atomic E-state index is 13.5. The molecule has 1 fully saturated rings. The molecule has 0 radical (unpaired) electrons. The van der Waals surface area contributed by atoms with Crippen molar-refractivity contribution in [1.29, 1.82) is 0 Å². The van der Waals surface area contributed by atoms with Gasteiger partial charge < -0.3 is 5.73 Å². The van der Waals surface area contributed by atoms with Crippen LogP contribution in [0.3, 0.4) is 0 Å². The van der Waals surface area contributed by atoms with Crippen LogP contribution in [0.5, 0.6) is 0 Å². The fourth-order valence-electron chi connectivity index (χ4n) is 2.63. The van der Waals surface area contributed by atoms with Crippen LogP contribution in [0.15, 0.2) is 0 Å². The first-order valence-corrected chi connectivity index (χ1v) is 5.52. The molecular formula is C11H17F2N3. The smallest absolute Gasteiger partial charge is 0.260 e. The molecule has 3 nitrogen and oxygen atoms in total. The van der Waals surface area contributed by atoms with E-state index in [1.807, 2.05) is 13.8 Å². The van der Waals surface area contributed by atoms with Gasteiger partial charge in [0.1, 0.15) is 0 Å². The van der Waals surface area contributed by atoms with E-state index in [-0.39, 0.29) is 13.0 Å². The van der Waals surface area contributed by atoms with Gasteiger partial charge in [0.15, 0.2) is 0 Å². The molecule has 0 spiro atoms. The Hall–Kier alpha value is -0.970. The standard InChI is InChI=1S/C11H17F2N3/c1-4-16-8(3)9(7(2)15-16)10(6-14)5-11(10,12)13/h4-6,14H2,1-3H3. The molecule has 1 aliphatic rings. The number of aromatic nitrogens is 2. The molecule has 2 rings (SSSR count). The minimum Gasteiger partial charge on any atom is -0.329 e. The highest BCUT2D eigenvalue weighted by molar-refractivity contribution is 5.44. The molecule has 1 aromatic heterocycles. The summed E-state index contributed by atoms with van der Waals surface area (Å²) in [4.78, 5) is 0. The third-order valence-corrected chi connectivity index (χ3v) is 3.61. The maximum Gasteiger partial charge on any atom is 0.260 e. The molecule has 16 heavy (non-hydrogen) atoms. The monoisotopic (exact) mass is 229 g/mol. The van der Waals surface area contributed by atoms with Gasteiger partial charge in [0.2, 0.25) is 0 Å². The fraction of sp³-hybridized carbons (Fsp3) is 0.727. The highest BCUT2D eigenvalue weighted by Crippen LogP contribution is 2.62. The summed E-state index contributed by atoms with van der Waals surface area (Å²) in [5.41, 5.74) is 6.55. The number of hydrogen-bond donors (Lipinski definition) is 1. The zero-order valence-electron chi connectivity index (χ0n) is 9.85. The van der Waals surface area contributed by atoms with Crippen molar-refractivity contribution >= 4 is 0 Å². The summed E-state index contributed by atoms with van der Waals surface area (Å²) in [5.74, 6) is -2.67. The van der Waals surface area contributed by atoms with Crippen LogP contribution in [0, 0.1) is 13.8 Å². The molecule has 1 aliphatic carbocycles. The molecule has 0 aromatic carbocycles. The van der Waals surface area contributed by atoms with Crippen molar-refractivity contribution in [1.82, 2.24) is 9.78 Å². The van der Waals surface area contributed by atoms with Gasteiger partial charge in [-0.1, -0.05) is 0 Å². The zero-order chi connectivity index (χ0) is 12.1. The number of rotatable bonds is 3. The van der Waals surface area contributed by atoms with Crippen molar-refractivity contribution in [2.24, 2.45) is 5.73 Å². The van der Waals surface area contributed by atoms with E-state index in [2.05, 4.69) is 5.10 Å². The van der Waals surface area contributed by atoms with E-state index in [9.17, 15) is 8.78 Å². The Kier molecular flexibility index (Phi) is 2.35. The lowest BCUT2D eigenvalue weighted by molar-refractivity contribution is 0.0892. The first-order chi connectivity index (χ1) is 7.39. The van der Waals surface area contributed by atoms with Crippen molar-refractivity contribution in [3.05, 3.63) is 17.0 Å². The number of aryl methyl sites for hydroxylation is 2. The zero-order valence-corrected chi connectivity index (χ0v) is 9.85. The van der Waals surface area contributed by atoms with Gasteiger partial charge in [0, 0.05) is 30.8 Å². The van der Waals surface area contributed by atoms with E-state index < -0.39 is 11.3 Å². The van der Waals surface area contributed by atoms with Crippen molar-refractivity contribution < 1.29 is 8.78 Å². The minimum atomic E-state index is -2.67. The normalized spacial score (nSPS) is 27.1. The van der Waals surface area contributed by atoms with Gasteiger partial charge in [-0.3, -0.25) is 4.68 Å². The second-order valence-corrected chi connectivity index (χ2v) is 4.53. The van der Waals surface area contributed by atoms with Crippen LogP contribution in [0.2, 0.25) is 0 Å². The van der Waals surface area contributed by atoms with E-state index in [1.165, 1.54) is 0 Å². The Labute approximate surface area is 93.6 Å². The van der Waals surface area contributed by atoms with Crippen molar-refractivity contribution in [2.75, 3.05) is 6.54 Å². The number of nitrogens with two attached hydrogens (primary N) is 1. The van der Waals surface area contributed by atoms with Crippen LogP contribution in [-0.4, -0.2) is 22.2 Å². The van der Waals surface area contributed by atoms with E-state index in [0.29, 0.717) is 17.8 Å². The largest absolute Gasteiger partial charge is 0.329 e. The minimum absolute atomic E-state index is 0.0168. The van der Waals surface area contributed by atoms with Gasteiger partial charge in [-0.05, 0) is 20.8 Å². The quantitative estimate of drug-likeness (QED) is 0.858. The Balaban J connectivity index is 2.53. The highest BCUT2D eigenvalue weighted by Gasteiger charge is 2.72. The molecule has 0 amide bonds. The lowest BCUT2D eigenvalue weighted by Gasteiger charge is -2.14. The van der Waals surface area contributed by atoms with E-state index in [0.717, 1.165) is 5.69 Å². The van der Waals surface area contributed by atoms with Crippen molar-refractivity contribution in [2.45, 2.75) is 45.1 Å². The van der Waals surface area contributed by atoms with Crippen LogP contribution in [-0.2, 0) is 12.0 Å². The first-order valence-electron chi connectivity index (χ1n) is 5.52. The molecule has 2 N–H and O–H groups in total. The third-order valence-electron chi connectivity index (χ3n) is 3.61. The fourth-order valence-corrected chi connectivity index (χ4v) is 2.63. The van der Waals surface area contributed by atoms with E-state index >= 15 is 0 Å². The lowest BCUT2D eigenvalue weighted by Crippen LogP contribution is -2.28. The molecule has 1 unspecified atom stereocenters. The summed E-state index contributed by atoms with van der Waals surface area (Å²) in [7, 11) is 0. The predicted octanol–water partition coefficient (Wildman–Crippen LogP) is 1.76. The number of hydrogen-bond acceptors (Lipinski definition) is 2. The van der Waals surface area contributed by atoms with Crippen LogP contribution < -0.4 is 5.73 Å². The summed E-state index contributed by atoms with van der Waals surface area (Å²) >= 11 is 0. The molecule has 1 saturated carbocycles. The number of nitrogens with zero attached hydrogens (tertiary/aromatic N) is 2. The van der Waals surface area contributed by atoms with Crippen LogP contribution >= 0.6 is 0 Å². The van der Waals surface area contributed by atoms with E-state index in [1.54, 1.807) is 11.6 Å². The Morgan fingerprint density at radius 1 is 1.44 bits per heavy atom. The first kappa shape index (κ1) is 11.5. The highest BCUT2D eigenvalue weighted by atomic mass is 19.3. The molecule has 0 aliphatic heterocycles. The van der Waals surface area contributed by atoms with Gasteiger partial charge in [0.25, 0.3) is 5.92 Å². The third kappa shape index (κ3) is 1.24. The Morgan fingerprint density at radius 2 is 2.00 bits per heavy atom. The maximum atomic E-state index is 13.5. The average molecular weight is 229 g/mol. The van der Waals surface area contributed by atoms with Crippen molar-refractivity contribution in [3.63, 3.8) is 0 Å².